The molecule has 0 aliphatic rings. The lowest BCUT2D eigenvalue weighted by Crippen LogP contribution is -2.09. The molecular formula is C12H8NO5S. The van der Waals surface area contributed by atoms with E-state index >= 15 is 0 Å². The maximum absolute atomic E-state index is 11.9. The van der Waals surface area contributed by atoms with Crippen LogP contribution in [0.25, 0.3) is 0 Å². The van der Waals surface area contributed by atoms with E-state index < -0.39 is 15.0 Å². The summed E-state index contributed by atoms with van der Waals surface area (Å²) in [5.41, 5.74) is -0.187. The minimum atomic E-state index is -3.99. The molecule has 0 spiro atoms. The summed E-state index contributed by atoms with van der Waals surface area (Å²) in [5.74, 6) is 0.150. The quantitative estimate of drug-likeness (QED) is 0.486. The van der Waals surface area contributed by atoms with Crippen molar-refractivity contribution in [2.45, 2.75) is 4.90 Å². The highest BCUT2D eigenvalue weighted by atomic mass is 32.2. The Labute approximate surface area is 109 Å². The number of hydrogen-bond donors (Lipinski definition) is 0. The van der Waals surface area contributed by atoms with Crippen LogP contribution in [0.5, 0.6) is 5.75 Å². The second-order valence-corrected chi connectivity index (χ2v) is 5.07. The van der Waals surface area contributed by atoms with Crippen molar-refractivity contribution in [2.75, 3.05) is 0 Å². The van der Waals surface area contributed by atoms with Gasteiger partial charge in [-0.05, 0) is 30.3 Å². The van der Waals surface area contributed by atoms with Crippen LogP contribution in [0.3, 0.4) is 0 Å². The first-order valence-electron chi connectivity index (χ1n) is 5.14. The van der Waals surface area contributed by atoms with Gasteiger partial charge in [-0.15, -0.1) is 0 Å². The number of nitro benzene ring substituents is 1. The molecule has 97 valence electrons. The molecule has 6 nitrogen and oxygen atoms in total. The Kier molecular flexibility index (Phi) is 3.48. The highest BCUT2D eigenvalue weighted by Gasteiger charge is 2.17. The van der Waals surface area contributed by atoms with E-state index in [0.29, 0.717) is 0 Å². The smallest absolute Gasteiger partial charge is 0.339 e. The third-order valence-electron chi connectivity index (χ3n) is 2.23. The Morgan fingerprint density at radius 3 is 2.16 bits per heavy atom. The summed E-state index contributed by atoms with van der Waals surface area (Å²) >= 11 is 0. The second-order valence-electron chi connectivity index (χ2n) is 3.52. The predicted octanol–water partition coefficient (Wildman–Crippen LogP) is 2.16. The van der Waals surface area contributed by atoms with E-state index in [2.05, 4.69) is 6.07 Å². The van der Waals surface area contributed by atoms with E-state index in [4.69, 9.17) is 4.18 Å². The first-order chi connectivity index (χ1) is 8.99. The molecule has 1 radical (unpaired) electrons. The van der Waals surface area contributed by atoms with E-state index in [1.54, 1.807) is 0 Å². The monoisotopic (exact) mass is 278 g/mol. The Hall–Kier alpha value is -2.41. The number of nitro groups is 1. The van der Waals surface area contributed by atoms with Gasteiger partial charge >= 0.3 is 10.1 Å². The van der Waals surface area contributed by atoms with E-state index in [0.717, 1.165) is 24.3 Å². The van der Waals surface area contributed by atoms with E-state index in [9.17, 15) is 18.5 Å². The third kappa shape index (κ3) is 3.08. The van der Waals surface area contributed by atoms with Gasteiger partial charge in [0.2, 0.25) is 0 Å². The highest BCUT2D eigenvalue weighted by molar-refractivity contribution is 7.87. The third-order valence-corrected chi connectivity index (χ3v) is 3.49. The van der Waals surface area contributed by atoms with Gasteiger partial charge in [0.15, 0.2) is 0 Å². The van der Waals surface area contributed by atoms with Crippen LogP contribution in [0.15, 0.2) is 53.4 Å². The molecule has 0 fully saturated rings. The predicted molar refractivity (Wildman–Crippen MR) is 66.2 cm³/mol. The summed E-state index contributed by atoms with van der Waals surface area (Å²) in [7, 11) is -3.99. The van der Waals surface area contributed by atoms with Crippen LogP contribution in [0, 0.1) is 16.2 Å². The van der Waals surface area contributed by atoms with Crippen molar-refractivity contribution < 1.29 is 17.5 Å². The molecule has 0 aliphatic carbocycles. The van der Waals surface area contributed by atoms with E-state index in [-0.39, 0.29) is 16.3 Å². The standard InChI is InChI=1S/C12H8NO5S/c14-13(15)10-6-8-12(9-7-10)19(16,17)18-11-4-2-1-3-5-11/h2-9H. The number of rotatable bonds is 4. The number of benzene rings is 2. The van der Waals surface area contributed by atoms with Crippen LogP contribution in [-0.4, -0.2) is 13.3 Å². The first-order valence-corrected chi connectivity index (χ1v) is 6.55. The molecule has 0 heterocycles. The summed E-state index contributed by atoms with van der Waals surface area (Å²) in [6.07, 6.45) is 0. The molecule has 0 aliphatic heterocycles. The Morgan fingerprint density at radius 1 is 1.05 bits per heavy atom. The van der Waals surface area contributed by atoms with Crippen molar-refractivity contribution >= 4 is 15.8 Å². The maximum Gasteiger partial charge on any atom is 0.339 e. The molecule has 0 amide bonds. The van der Waals surface area contributed by atoms with Gasteiger partial charge in [0.05, 0.1) is 4.92 Å². The first kappa shape index (κ1) is 13.0. The lowest BCUT2D eigenvalue weighted by molar-refractivity contribution is -0.384. The van der Waals surface area contributed by atoms with Crippen molar-refractivity contribution in [3.63, 3.8) is 0 Å². The van der Waals surface area contributed by atoms with Crippen molar-refractivity contribution in [3.05, 3.63) is 64.7 Å². The van der Waals surface area contributed by atoms with Crippen LogP contribution in [0.1, 0.15) is 0 Å². The van der Waals surface area contributed by atoms with Gasteiger partial charge in [-0.3, -0.25) is 10.1 Å². The second kappa shape index (κ2) is 5.07. The molecule has 0 aromatic heterocycles. The van der Waals surface area contributed by atoms with Gasteiger partial charge in [0.1, 0.15) is 10.6 Å². The lowest BCUT2D eigenvalue weighted by atomic mass is 10.3. The van der Waals surface area contributed by atoms with Crippen LogP contribution < -0.4 is 4.18 Å². The summed E-state index contributed by atoms with van der Waals surface area (Å²) in [4.78, 5) is 9.72. The zero-order valence-corrected chi connectivity index (χ0v) is 10.3. The van der Waals surface area contributed by atoms with Crippen molar-refractivity contribution in [1.29, 1.82) is 0 Å². The Balaban J connectivity index is 2.27. The van der Waals surface area contributed by atoms with Gasteiger partial charge in [-0.25, -0.2) is 0 Å². The Bertz CT molecular complexity index is 680. The zero-order valence-electron chi connectivity index (χ0n) is 9.52. The summed E-state index contributed by atoms with van der Waals surface area (Å²) < 4.78 is 28.6. The zero-order chi connectivity index (χ0) is 13.9. The van der Waals surface area contributed by atoms with Crippen LogP contribution >= 0.6 is 0 Å². The van der Waals surface area contributed by atoms with Gasteiger partial charge in [0.25, 0.3) is 5.69 Å². The lowest BCUT2D eigenvalue weighted by Gasteiger charge is -2.06. The molecule has 2 rings (SSSR count). The van der Waals surface area contributed by atoms with Gasteiger partial charge in [-0.1, -0.05) is 12.1 Å². The summed E-state index contributed by atoms with van der Waals surface area (Å²) in [5, 5.41) is 10.5. The van der Waals surface area contributed by atoms with Crippen LogP contribution in [-0.2, 0) is 10.1 Å². The molecule has 0 saturated carbocycles. The fraction of sp³-hybridized carbons (Fsp3) is 0. The average molecular weight is 278 g/mol. The number of nitrogens with zero attached hydrogens (tertiary/aromatic N) is 1. The SMILES string of the molecule is O=[N+]([O-])c1ccc(S(=O)(=O)Oc2cc[c]cc2)cc1. The molecule has 0 saturated heterocycles. The molecule has 0 bridgehead atoms. The van der Waals surface area contributed by atoms with Gasteiger partial charge in [-0.2, -0.15) is 8.42 Å². The van der Waals surface area contributed by atoms with Crippen molar-refractivity contribution in [1.82, 2.24) is 0 Å². The topological polar surface area (TPSA) is 86.5 Å². The number of hydrogen-bond acceptors (Lipinski definition) is 5. The fourth-order valence-electron chi connectivity index (χ4n) is 1.34. The average Bonchev–Trinajstić information content (AvgIpc) is 2.39. The van der Waals surface area contributed by atoms with Crippen molar-refractivity contribution in [2.24, 2.45) is 0 Å². The highest BCUT2D eigenvalue weighted by Crippen LogP contribution is 2.20. The summed E-state index contributed by atoms with van der Waals surface area (Å²) in [6, 6.07) is 13.1. The van der Waals surface area contributed by atoms with Crippen LogP contribution in [0.4, 0.5) is 5.69 Å². The van der Waals surface area contributed by atoms with Gasteiger partial charge < -0.3 is 4.18 Å². The molecule has 7 heteroatoms. The molecule has 2 aromatic carbocycles. The minimum Gasteiger partial charge on any atom is -0.379 e. The van der Waals surface area contributed by atoms with E-state index in [1.165, 1.54) is 24.3 Å². The Morgan fingerprint density at radius 2 is 1.63 bits per heavy atom. The molecule has 0 atom stereocenters. The molecule has 0 unspecified atom stereocenters. The molecule has 2 aromatic rings. The van der Waals surface area contributed by atoms with Gasteiger partial charge in [0, 0.05) is 12.1 Å². The normalized spacial score (nSPS) is 10.9. The number of non-ortho nitro benzene ring substituents is 1. The van der Waals surface area contributed by atoms with Crippen LogP contribution in [0.2, 0.25) is 0 Å². The molecule has 19 heavy (non-hydrogen) atoms. The molecule has 0 N–H and O–H groups in total. The minimum absolute atomic E-state index is 0.147. The maximum atomic E-state index is 11.9. The van der Waals surface area contributed by atoms with E-state index in [1.807, 2.05) is 0 Å². The summed E-state index contributed by atoms with van der Waals surface area (Å²) in [6.45, 7) is 0. The molecular weight excluding hydrogens is 270 g/mol. The largest absolute Gasteiger partial charge is 0.379 e. The fourth-order valence-corrected chi connectivity index (χ4v) is 2.27. The van der Waals surface area contributed by atoms with Crippen molar-refractivity contribution in [3.8, 4) is 5.75 Å².